The molecule has 0 spiro atoms. The van der Waals surface area contributed by atoms with Crippen LogP contribution in [0.4, 0.5) is 4.39 Å². The van der Waals surface area contributed by atoms with Crippen LogP contribution in [0, 0.1) is 0 Å². The van der Waals surface area contributed by atoms with Crippen molar-refractivity contribution >= 4 is 16.6 Å². The number of allylic oxidation sites excluding steroid dienone is 4. The van der Waals surface area contributed by atoms with Gasteiger partial charge in [0.2, 0.25) is 0 Å². The standard InChI is InChI=1S/C20H21N3.CH3F/c1-3-5-10-18(8-4-2)23-15-17(14-21-23)20-13-12-16-9-6-7-11-19(16)22-20;1-2/h5-15H,3-4H2,1-2H3;1H3/b10-5-,18-8+;. The molecule has 0 fully saturated rings. The van der Waals surface area contributed by atoms with Crippen molar-refractivity contribution in [2.75, 3.05) is 7.18 Å². The minimum Gasteiger partial charge on any atom is -0.255 e. The molecule has 0 radical (unpaired) electrons. The second-order valence-electron chi connectivity index (χ2n) is 5.41. The van der Waals surface area contributed by atoms with Crippen molar-refractivity contribution in [3.05, 3.63) is 67.0 Å². The quantitative estimate of drug-likeness (QED) is 0.543. The Bertz CT molecular complexity index is 862. The number of benzene rings is 1. The van der Waals surface area contributed by atoms with Crippen molar-refractivity contribution in [1.29, 1.82) is 0 Å². The Morgan fingerprint density at radius 2 is 1.88 bits per heavy atom. The lowest BCUT2D eigenvalue weighted by Gasteiger charge is -2.02. The summed E-state index contributed by atoms with van der Waals surface area (Å²) in [6.45, 7) is 4.27. The Morgan fingerprint density at radius 3 is 2.64 bits per heavy atom. The number of para-hydroxylation sites is 1. The van der Waals surface area contributed by atoms with Crippen LogP contribution in [0.15, 0.2) is 67.0 Å². The van der Waals surface area contributed by atoms with E-state index in [4.69, 9.17) is 4.98 Å². The van der Waals surface area contributed by atoms with Crippen molar-refractivity contribution in [3.8, 4) is 11.3 Å². The zero-order valence-corrected chi connectivity index (χ0v) is 15.0. The van der Waals surface area contributed by atoms with Gasteiger partial charge < -0.3 is 0 Å². The third-order valence-electron chi connectivity index (χ3n) is 3.68. The highest BCUT2D eigenvalue weighted by molar-refractivity contribution is 5.81. The molecule has 3 nitrogen and oxygen atoms in total. The van der Waals surface area contributed by atoms with Gasteiger partial charge in [0, 0.05) is 17.1 Å². The van der Waals surface area contributed by atoms with E-state index in [1.54, 1.807) is 0 Å². The topological polar surface area (TPSA) is 30.7 Å². The monoisotopic (exact) mass is 337 g/mol. The van der Waals surface area contributed by atoms with Gasteiger partial charge >= 0.3 is 0 Å². The molecule has 0 unspecified atom stereocenters. The highest BCUT2D eigenvalue weighted by Crippen LogP contribution is 2.21. The predicted octanol–water partition coefficient (Wildman–Crippen LogP) is 5.90. The number of aromatic nitrogens is 3. The van der Waals surface area contributed by atoms with Gasteiger partial charge in [0.05, 0.1) is 30.3 Å². The van der Waals surface area contributed by atoms with Gasteiger partial charge in [-0.3, -0.25) is 4.39 Å². The number of nitrogens with zero attached hydrogens (tertiary/aromatic N) is 3. The highest BCUT2D eigenvalue weighted by Gasteiger charge is 2.06. The number of alkyl halides is 1. The average molecular weight is 337 g/mol. The molecule has 0 aliphatic heterocycles. The molecule has 0 atom stereocenters. The maximum absolute atomic E-state index is 9.50. The van der Waals surface area contributed by atoms with Crippen LogP contribution in [0.3, 0.4) is 0 Å². The van der Waals surface area contributed by atoms with Crippen LogP contribution in [0.5, 0.6) is 0 Å². The van der Waals surface area contributed by atoms with E-state index in [1.165, 1.54) is 0 Å². The number of hydrogen-bond acceptors (Lipinski definition) is 2. The SMILES string of the molecule is CC/C=C\C(=C/CC)n1cc(-c2ccc3ccccc3n2)cn1.CF. The average Bonchev–Trinajstić information content (AvgIpc) is 3.16. The Kier molecular flexibility index (Phi) is 7.08. The summed E-state index contributed by atoms with van der Waals surface area (Å²) in [7, 11) is 0.500. The third-order valence-corrected chi connectivity index (χ3v) is 3.68. The fraction of sp³-hybridized carbons (Fsp3) is 0.238. The largest absolute Gasteiger partial charge is 0.255 e. The van der Waals surface area contributed by atoms with Gasteiger partial charge in [-0.05, 0) is 31.1 Å². The molecule has 0 aliphatic rings. The van der Waals surface area contributed by atoms with E-state index in [0.29, 0.717) is 7.18 Å². The van der Waals surface area contributed by atoms with Gasteiger partial charge in [-0.2, -0.15) is 5.10 Å². The first-order valence-corrected chi connectivity index (χ1v) is 8.47. The minimum atomic E-state index is 0.500. The Labute approximate surface area is 148 Å². The zero-order chi connectivity index (χ0) is 18.1. The first kappa shape index (κ1) is 18.6. The smallest absolute Gasteiger partial charge is 0.0785 e. The van der Waals surface area contributed by atoms with Crippen molar-refractivity contribution in [2.24, 2.45) is 0 Å². The summed E-state index contributed by atoms with van der Waals surface area (Å²) in [5, 5.41) is 5.66. The van der Waals surface area contributed by atoms with Crippen LogP contribution < -0.4 is 0 Å². The first-order chi connectivity index (χ1) is 12.3. The lowest BCUT2D eigenvalue weighted by Crippen LogP contribution is -1.94. The molecular weight excluding hydrogens is 313 g/mol. The normalized spacial score (nSPS) is 11.6. The van der Waals surface area contributed by atoms with Gasteiger partial charge in [-0.1, -0.05) is 50.3 Å². The van der Waals surface area contributed by atoms with E-state index in [9.17, 15) is 4.39 Å². The van der Waals surface area contributed by atoms with E-state index in [2.05, 4.69) is 55.4 Å². The molecule has 0 saturated carbocycles. The Balaban J connectivity index is 0.00000109. The van der Waals surface area contributed by atoms with Gasteiger partial charge in [0.25, 0.3) is 0 Å². The van der Waals surface area contributed by atoms with Gasteiger partial charge in [0.1, 0.15) is 0 Å². The molecule has 2 heterocycles. The summed E-state index contributed by atoms with van der Waals surface area (Å²) in [5.41, 5.74) is 4.09. The van der Waals surface area contributed by atoms with Crippen molar-refractivity contribution in [3.63, 3.8) is 0 Å². The molecule has 4 heteroatoms. The fourth-order valence-corrected chi connectivity index (χ4v) is 2.51. The molecule has 2 aromatic heterocycles. The van der Waals surface area contributed by atoms with E-state index < -0.39 is 0 Å². The first-order valence-electron chi connectivity index (χ1n) is 8.47. The van der Waals surface area contributed by atoms with Gasteiger partial charge in [0.15, 0.2) is 0 Å². The zero-order valence-electron chi connectivity index (χ0n) is 15.0. The van der Waals surface area contributed by atoms with Gasteiger partial charge in [-0.25, -0.2) is 9.67 Å². The summed E-state index contributed by atoms with van der Waals surface area (Å²) in [5.74, 6) is 0. The molecule has 0 aliphatic carbocycles. The second kappa shape index (κ2) is 9.52. The lowest BCUT2D eigenvalue weighted by atomic mass is 10.1. The molecule has 0 amide bonds. The second-order valence-corrected chi connectivity index (χ2v) is 5.41. The number of pyridine rings is 1. The lowest BCUT2D eigenvalue weighted by molar-refractivity contribution is 0.636. The van der Waals surface area contributed by atoms with E-state index >= 15 is 0 Å². The molecule has 0 N–H and O–H groups in total. The molecule has 0 bridgehead atoms. The summed E-state index contributed by atoms with van der Waals surface area (Å²) in [6, 6.07) is 12.3. The van der Waals surface area contributed by atoms with Crippen molar-refractivity contribution < 1.29 is 4.39 Å². The molecule has 3 rings (SSSR count). The van der Waals surface area contributed by atoms with Crippen molar-refractivity contribution in [2.45, 2.75) is 26.7 Å². The Morgan fingerprint density at radius 1 is 1.08 bits per heavy atom. The van der Waals surface area contributed by atoms with E-state index in [0.717, 1.165) is 40.7 Å². The van der Waals surface area contributed by atoms with Crippen LogP contribution in [0.1, 0.15) is 26.7 Å². The van der Waals surface area contributed by atoms with Crippen molar-refractivity contribution in [1.82, 2.24) is 14.8 Å². The maximum atomic E-state index is 9.50. The maximum Gasteiger partial charge on any atom is 0.0785 e. The van der Waals surface area contributed by atoms with Crippen LogP contribution in [-0.4, -0.2) is 21.9 Å². The Hall–Kier alpha value is -2.75. The molecule has 0 saturated heterocycles. The van der Waals surface area contributed by atoms with E-state index in [1.807, 2.05) is 35.3 Å². The van der Waals surface area contributed by atoms with Crippen LogP contribution in [0.25, 0.3) is 27.9 Å². The summed E-state index contributed by atoms with van der Waals surface area (Å²) in [4.78, 5) is 4.74. The molecule has 25 heavy (non-hydrogen) atoms. The minimum absolute atomic E-state index is 0.500. The van der Waals surface area contributed by atoms with Crippen LogP contribution in [-0.2, 0) is 0 Å². The number of hydrogen-bond donors (Lipinski definition) is 0. The third kappa shape index (κ3) is 4.63. The number of rotatable bonds is 5. The summed E-state index contributed by atoms with van der Waals surface area (Å²) < 4.78 is 11.4. The number of halogens is 1. The summed E-state index contributed by atoms with van der Waals surface area (Å²) in [6.07, 6.45) is 12.4. The fourth-order valence-electron chi connectivity index (χ4n) is 2.51. The molecule has 1 aromatic carbocycles. The molecular formula is C21H24FN3. The predicted molar refractivity (Wildman–Crippen MR) is 104 cm³/mol. The molecule has 130 valence electrons. The van der Waals surface area contributed by atoms with Crippen LogP contribution in [0.2, 0.25) is 0 Å². The highest BCUT2D eigenvalue weighted by atomic mass is 19.1. The number of fused-ring (bicyclic) bond motifs is 1. The summed E-state index contributed by atoms with van der Waals surface area (Å²) >= 11 is 0. The van der Waals surface area contributed by atoms with Gasteiger partial charge in [-0.15, -0.1) is 0 Å². The van der Waals surface area contributed by atoms with Crippen LogP contribution >= 0.6 is 0 Å². The van der Waals surface area contributed by atoms with E-state index in [-0.39, 0.29) is 0 Å². The molecule has 3 aromatic rings.